The molecule has 0 unspecified atom stereocenters. The Labute approximate surface area is 185 Å². The molecule has 1 amide bonds. The molecule has 1 aromatic heterocycles. The number of hydrogen-bond acceptors (Lipinski definition) is 7. The molecule has 164 valence electrons. The minimum absolute atomic E-state index is 0.0227. The first-order valence-corrected chi connectivity index (χ1v) is 9.93. The molecule has 0 saturated carbocycles. The fourth-order valence-electron chi connectivity index (χ4n) is 3.81. The van der Waals surface area contributed by atoms with Crippen molar-refractivity contribution >= 4 is 39.6 Å². The van der Waals surface area contributed by atoms with E-state index in [0.29, 0.717) is 27.6 Å². The number of nitro benzene ring substituents is 1. The van der Waals surface area contributed by atoms with E-state index in [2.05, 4.69) is 10.5 Å². The molecule has 0 aliphatic carbocycles. The maximum atomic E-state index is 12.8. The number of nitrogens with zero attached hydrogens (tertiary/aromatic N) is 3. The summed E-state index contributed by atoms with van der Waals surface area (Å²) in [5.74, 6) is 0.174. The Balaban J connectivity index is 1.44. The SMILES string of the molecule is O=C(Cn1c2ccccc2c(=O)c2ccccc21)NN=Cc1cc2c(cc1[N+](=O)[O-])OCO2. The molecule has 0 radical (unpaired) electrons. The van der Waals surface area contributed by atoms with Gasteiger partial charge in [0, 0.05) is 10.8 Å². The molecule has 0 fully saturated rings. The van der Waals surface area contributed by atoms with Crippen molar-refractivity contribution in [2.45, 2.75) is 6.54 Å². The molecule has 10 heteroatoms. The van der Waals surface area contributed by atoms with E-state index in [1.165, 1.54) is 18.3 Å². The molecule has 0 bridgehead atoms. The summed E-state index contributed by atoms with van der Waals surface area (Å²) in [4.78, 5) is 36.3. The summed E-state index contributed by atoms with van der Waals surface area (Å²) < 4.78 is 12.2. The highest BCUT2D eigenvalue weighted by Gasteiger charge is 2.22. The second-order valence-corrected chi connectivity index (χ2v) is 7.26. The van der Waals surface area contributed by atoms with Gasteiger partial charge in [0.05, 0.1) is 33.8 Å². The molecule has 10 nitrogen and oxygen atoms in total. The first-order valence-electron chi connectivity index (χ1n) is 9.93. The second kappa shape index (κ2) is 8.08. The summed E-state index contributed by atoms with van der Waals surface area (Å²) in [6, 6.07) is 16.8. The van der Waals surface area contributed by atoms with Crippen LogP contribution >= 0.6 is 0 Å². The zero-order valence-electron chi connectivity index (χ0n) is 17.1. The number of pyridine rings is 1. The number of hydrazone groups is 1. The third kappa shape index (κ3) is 3.63. The van der Waals surface area contributed by atoms with Gasteiger partial charge in [-0.2, -0.15) is 5.10 Å². The molecule has 1 N–H and O–H groups in total. The highest BCUT2D eigenvalue weighted by molar-refractivity contribution is 5.95. The van der Waals surface area contributed by atoms with Crippen LogP contribution in [0.15, 0.2) is 70.6 Å². The van der Waals surface area contributed by atoms with Crippen molar-refractivity contribution in [3.63, 3.8) is 0 Å². The molecule has 33 heavy (non-hydrogen) atoms. The zero-order valence-corrected chi connectivity index (χ0v) is 17.1. The lowest BCUT2D eigenvalue weighted by Gasteiger charge is -2.14. The van der Waals surface area contributed by atoms with Crippen molar-refractivity contribution in [3.8, 4) is 11.5 Å². The molecule has 1 aliphatic heterocycles. The Kier molecular flexibility index (Phi) is 4.94. The largest absolute Gasteiger partial charge is 0.454 e. The minimum Gasteiger partial charge on any atom is -0.454 e. The molecule has 1 aliphatic rings. The minimum atomic E-state index is -0.566. The number of amides is 1. The zero-order chi connectivity index (χ0) is 22.9. The van der Waals surface area contributed by atoms with Crippen LogP contribution in [-0.4, -0.2) is 28.4 Å². The van der Waals surface area contributed by atoms with E-state index in [-0.39, 0.29) is 35.8 Å². The number of carbonyl (C=O) groups excluding carboxylic acids is 1. The third-order valence-electron chi connectivity index (χ3n) is 5.29. The van der Waals surface area contributed by atoms with Crippen LogP contribution in [0, 0.1) is 10.1 Å². The van der Waals surface area contributed by atoms with Gasteiger partial charge in [0.1, 0.15) is 6.54 Å². The van der Waals surface area contributed by atoms with Crippen LogP contribution in [-0.2, 0) is 11.3 Å². The molecule has 5 rings (SSSR count). The summed E-state index contributed by atoms with van der Waals surface area (Å²) in [7, 11) is 0. The monoisotopic (exact) mass is 444 g/mol. The van der Waals surface area contributed by atoms with Crippen molar-refractivity contribution in [2.75, 3.05) is 6.79 Å². The van der Waals surface area contributed by atoms with E-state index in [4.69, 9.17) is 9.47 Å². The number of fused-ring (bicyclic) bond motifs is 3. The lowest BCUT2D eigenvalue weighted by molar-refractivity contribution is -0.385. The number of nitro groups is 1. The predicted octanol–water partition coefficient (Wildman–Crippen LogP) is 2.94. The first kappa shape index (κ1) is 20.2. The lowest BCUT2D eigenvalue weighted by atomic mass is 10.1. The highest BCUT2D eigenvalue weighted by Crippen LogP contribution is 2.37. The number of benzene rings is 3. The Morgan fingerprint density at radius 2 is 1.67 bits per heavy atom. The van der Waals surface area contributed by atoms with Gasteiger partial charge in [-0.15, -0.1) is 0 Å². The van der Waals surface area contributed by atoms with E-state index in [1.807, 2.05) is 0 Å². The van der Waals surface area contributed by atoms with Gasteiger partial charge in [0.25, 0.3) is 11.6 Å². The van der Waals surface area contributed by atoms with Crippen LogP contribution in [0.1, 0.15) is 5.56 Å². The van der Waals surface area contributed by atoms with Gasteiger partial charge in [-0.05, 0) is 30.3 Å². The Morgan fingerprint density at radius 1 is 1.06 bits per heavy atom. The fraction of sp³-hybridized carbons (Fsp3) is 0.0870. The van der Waals surface area contributed by atoms with Crippen LogP contribution in [0.5, 0.6) is 11.5 Å². The molecular weight excluding hydrogens is 428 g/mol. The van der Waals surface area contributed by atoms with Crippen molar-refractivity contribution in [1.29, 1.82) is 0 Å². The van der Waals surface area contributed by atoms with Crippen molar-refractivity contribution < 1.29 is 19.2 Å². The summed E-state index contributed by atoms with van der Waals surface area (Å²) >= 11 is 0. The van der Waals surface area contributed by atoms with E-state index in [9.17, 15) is 19.7 Å². The number of hydrogen-bond donors (Lipinski definition) is 1. The van der Waals surface area contributed by atoms with Crippen molar-refractivity contribution in [2.24, 2.45) is 5.10 Å². The van der Waals surface area contributed by atoms with Gasteiger partial charge in [-0.25, -0.2) is 5.43 Å². The summed E-state index contributed by atoms with van der Waals surface area (Å²) in [5.41, 5.74) is 3.45. The highest BCUT2D eigenvalue weighted by atomic mass is 16.7. The number of para-hydroxylation sites is 2. The standard InChI is InChI=1S/C23H16N4O6/c28-22(25-24-11-14-9-20-21(33-13-32-20)10-19(14)27(30)31)12-26-17-7-3-1-5-15(17)23(29)16-6-2-4-8-18(16)26/h1-11H,12-13H2,(H,25,28). The third-order valence-corrected chi connectivity index (χ3v) is 5.29. The quantitative estimate of drug-likeness (QED) is 0.218. The molecule has 2 heterocycles. The van der Waals surface area contributed by atoms with Crippen LogP contribution in [0.4, 0.5) is 5.69 Å². The number of ether oxygens (including phenoxy) is 2. The normalized spacial score (nSPS) is 12.5. The Bertz CT molecular complexity index is 1470. The van der Waals surface area contributed by atoms with Gasteiger partial charge >= 0.3 is 0 Å². The summed E-state index contributed by atoms with van der Waals surface area (Å²) in [6.07, 6.45) is 1.18. The predicted molar refractivity (Wildman–Crippen MR) is 121 cm³/mol. The molecule has 4 aromatic rings. The Hall–Kier alpha value is -4.73. The van der Waals surface area contributed by atoms with Gasteiger partial charge < -0.3 is 14.0 Å². The fourth-order valence-corrected chi connectivity index (χ4v) is 3.81. The van der Waals surface area contributed by atoms with Crippen LogP contribution < -0.4 is 20.3 Å². The molecule has 3 aromatic carbocycles. The molecule has 0 spiro atoms. The Morgan fingerprint density at radius 3 is 2.30 bits per heavy atom. The van der Waals surface area contributed by atoms with Crippen molar-refractivity contribution in [1.82, 2.24) is 9.99 Å². The van der Waals surface area contributed by atoms with Gasteiger partial charge in [-0.3, -0.25) is 19.7 Å². The van der Waals surface area contributed by atoms with E-state index in [0.717, 1.165) is 0 Å². The van der Waals surface area contributed by atoms with Gasteiger partial charge in [0.2, 0.25) is 6.79 Å². The van der Waals surface area contributed by atoms with Crippen LogP contribution in [0.25, 0.3) is 21.8 Å². The number of nitrogens with one attached hydrogen (secondary N) is 1. The molecule has 0 atom stereocenters. The number of carbonyl (C=O) groups is 1. The maximum Gasteiger partial charge on any atom is 0.282 e. The second-order valence-electron chi connectivity index (χ2n) is 7.26. The molecular formula is C23H16N4O6. The number of rotatable bonds is 5. The van der Waals surface area contributed by atoms with E-state index >= 15 is 0 Å². The summed E-state index contributed by atoms with van der Waals surface area (Å²) in [5, 5.41) is 16.3. The van der Waals surface area contributed by atoms with Crippen molar-refractivity contribution in [3.05, 3.63) is 86.6 Å². The van der Waals surface area contributed by atoms with E-state index in [1.54, 1.807) is 53.1 Å². The van der Waals surface area contributed by atoms with E-state index < -0.39 is 10.8 Å². The maximum absolute atomic E-state index is 12.8. The van der Waals surface area contributed by atoms with Crippen LogP contribution in [0.2, 0.25) is 0 Å². The van der Waals surface area contributed by atoms with Gasteiger partial charge in [0.15, 0.2) is 16.9 Å². The topological polar surface area (TPSA) is 125 Å². The molecule has 0 saturated heterocycles. The average Bonchev–Trinajstić information content (AvgIpc) is 3.29. The number of aromatic nitrogens is 1. The lowest BCUT2D eigenvalue weighted by Crippen LogP contribution is -2.25. The summed E-state index contributed by atoms with van der Waals surface area (Å²) in [6.45, 7) is -0.132. The average molecular weight is 444 g/mol. The smallest absolute Gasteiger partial charge is 0.282 e. The van der Waals surface area contributed by atoms with Gasteiger partial charge in [-0.1, -0.05) is 24.3 Å². The first-order chi connectivity index (χ1) is 16.0. The van der Waals surface area contributed by atoms with Crippen LogP contribution in [0.3, 0.4) is 0 Å².